The Morgan fingerprint density at radius 1 is 1.21 bits per heavy atom. The number of nitrogens with one attached hydrogen (secondary N) is 3. The van der Waals surface area contributed by atoms with E-state index in [9.17, 15) is 8.42 Å². The molecule has 0 fully saturated rings. The fraction of sp³-hybridized carbons (Fsp3) is 0.111. The lowest BCUT2D eigenvalue weighted by Crippen LogP contribution is -2.18. The smallest absolute Gasteiger partial charge is 0.240 e. The number of H-pyrrole nitrogens is 1. The minimum Gasteiger partial charge on any atom is -0.383 e. The second-order valence-corrected chi connectivity index (χ2v) is 9.02. The van der Waals surface area contributed by atoms with Crippen LogP contribution in [0.1, 0.15) is 5.56 Å². The molecule has 0 saturated heterocycles. The van der Waals surface area contributed by atoms with E-state index in [4.69, 9.17) is 5.73 Å². The quantitative estimate of drug-likeness (QED) is 0.384. The van der Waals surface area contributed by atoms with Gasteiger partial charge in [-0.15, -0.1) is 11.3 Å². The average molecular weight is 415 g/mol. The number of thiazole rings is 1. The molecule has 0 unspecified atom stereocenters. The number of rotatable bonds is 6. The maximum absolute atomic E-state index is 11.9. The third-order valence-electron chi connectivity index (χ3n) is 4.26. The SMILES string of the molecule is CNS(=O)(=O)c1cccc(NCc2ccc3nc(-c4cn[nH]c4N)sc3c2)c1. The van der Waals surface area contributed by atoms with Crippen molar-refractivity contribution < 1.29 is 8.42 Å². The van der Waals surface area contributed by atoms with Crippen LogP contribution in [-0.2, 0) is 16.6 Å². The van der Waals surface area contributed by atoms with Gasteiger partial charge in [0.2, 0.25) is 10.0 Å². The number of benzene rings is 2. The number of nitrogens with zero attached hydrogens (tertiary/aromatic N) is 2. The Morgan fingerprint density at radius 2 is 2.07 bits per heavy atom. The molecular weight excluding hydrogens is 396 g/mol. The van der Waals surface area contributed by atoms with Crippen molar-refractivity contribution in [1.29, 1.82) is 0 Å². The van der Waals surface area contributed by atoms with Crippen LogP contribution in [0.5, 0.6) is 0 Å². The Balaban J connectivity index is 1.54. The summed E-state index contributed by atoms with van der Waals surface area (Å²) in [7, 11) is -2.08. The van der Waals surface area contributed by atoms with Crippen molar-refractivity contribution in [1.82, 2.24) is 19.9 Å². The van der Waals surface area contributed by atoms with Crippen molar-refractivity contribution in [2.75, 3.05) is 18.1 Å². The first-order valence-electron chi connectivity index (χ1n) is 8.42. The zero-order chi connectivity index (χ0) is 19.7. The van der Waals surface area contributed by atoms with Crippen LogP contribution >= 0.6 is 11.3 Å². The van der Waals surface area contributed by atoms with Crippen LogP contribution in [0.4, 0.5) is 11.5 Å². The van der Waals surface area contributed by atoms with Gasteiger partial charge < -0.3 is 11.1 Å². The Kier molecular flexibility index (Phi) is 4.75. The summed E-state index contributed by atoms with van der Waals surface area (Å²) in [6.45, 7) is 0.556. The molecule has 5 N–H and O–H groups in total. The number of anilines is 2. The topological polar surface area (TPSA) is 126 Å². The van der Waals surface area contributed by atoms with Crippen LogP contribution in [0, 0.1) is 0 Å². The highest BCUT2D eigenvalue weighted by atomic mass is 32.2. The molecular formula is C18H18N6O2S2. The van der Waals surface area contributed by atoms with Crippen LogP contribution in [0.25, 0.3) is 20.8 Å². The van der Waals surface area contributed by atoms with Gasteiger partial charge in [0.25, 0.3) is 0 Å². The lowest BCUT2D eigenvalue weighted by Gasteiger charge is -2.09. The first-order valence-corrected chi connectivity index (χ1v) is 10.7. The molecule has 28 heavy (non-hydrogen) atoms. The van der Waals surface area contributed by atoms with E-state index in [1.165, 1.54) is 7.05 Å². The van der Waals surface area contributed by atoms with Crippen LogP contribution in [0.2, 0.25) is 0 Å². The molecule has 0 spiro atoms. The predicted molar refractivity (Wildman–Crippen MR) is 112 cm³/mol. The molecule has 0 aliphatic heterocycles. The Hall–Kier alpha value is -2.95. The van der Waals surface area contributed by atoms with Gasteiger partial charge in [-0.1, -0.05) is 12.1 Å². The second-order valence-electron chi connectivity index (χ2n) is 6.11. The number of nitrogen functional groups attached to an aromatic ring is 1. The van der Waals surface area contributed by atoms with Crippen molar-refractivity contribution in [2.45, 2.75) is 11.4 Å². The Morgan fingerprint density at radius 3 is 2.82 bits per heavy atom. The lowest BCUT2D eigenvalue weighted by atomic mass is 10.2. The van der Waals surface area contributed by atoms with Gasteiger partial charge in [-0.3, -0.25) is 5.10 Å². The van der Waals surface area contributed by atoms with E-state index in [1.807, 2.05) is 18.2 Å². The van der Waals surface area contributed by atoms with E-state index in [2.05, 4.69) is 31.3 Å². The minimum absolute atomic E-state index is 0.222. The van der Waals surface area contributed by atoms with E-state index in [0.29, 0.717) is 12.4 Å². The van der Waals surface area contributed by atoms with E-state index in [1.54, 1.807) is 35.7 Å². The minimum atomic E-state index is -3.47. The fourth-order valence-corrected chi connectivity index (χ4v) is 4.58. The molecule has 0 aliphatic carbocycles. The highest BCUT2D eigenvalue weighted by Crippen LogP contribution is 2.32. The third kappa shape index (κ3) is 3.57. The maximum atomic E-state index is 11.9. The number of hydrogen-bond acceptors (Lipinski definition) is 7. The largest absolute Gasteiger partial charge is 0.383 e. The molecule has 10 heteroatoms. The van der Waals surface area contributed by atoms with E-state index < -0.39 is 10.0 Å². The third-order valence-corrected chi connectivity index (χ3v) is 6.73. The lowest BCUT2D eigenvalue weighted by molar-refractivity contribution is 0.588. The van der Waals surface area contributed by atoms with Gasteiger partial charge in [0.05, 0.1) is 26.9 Å². The van der Waals surface area contributed by atoms with Gasteiger partial charge in [-0.2, -0.15) is 5.10 Å². The summed E-state index contributed by atoms with van der Waals surface area (Å²) >= 11 is 1.55. The summed E-state index contributed by atoms with van der Waals surface area (Å²) in [4.78, 5) is 4.83. The van der Waals surface area contributed by atoms with Gasteiger partial charge >= 0.3 is 0 Å². The molecule has 4 rings (SSSR count). The van der Waals surface area contributed by atoms with Crippen molar-refractivity contribution in [3.05, 3.63) is 54.2 Å². The average Bonchev–Trinajstić information content (AvgIpc) is 3.31. The summed E-state index contributed by atoms with van der Waals surface area (Å²) in [5, 5.41) is 10.7. The summed E-state index contributed by atoms with van der Waals surface area (Å²) in [6, 6.07) is 12.7. The van der Waals surface area contributed by atoms with Gasteiger partial charge in [0, 0.05) is 12.2 Å². The van der Waals surface area contributed by atoms with Crippen LogP contribution < -0.4 is 15.8 Å². The summed E-state index contributed by atoms with van der Waals surface area (Å²) in [5.41, 5.74) is 9.36. The molecule has 2 aromatic heterocycles. The van der Waals surface area contributed by atoms with Crippen molar-refractivity contribution in [2.24, 2.45) is 0 Å². The van der Waals surface area contributed by atoms with Crippen LogP contribution in [0.15, 0.2) is 53.6 Å². The molecule has 8 nitrogen and oxygen atoms in total. The molecule has 0 atom stereocenters. The van der Waals surface area contributed by atoms with Crippen molar-refractivity contribution in [3.63, 3.8) is 0 Å². The highest BCUT2D eigenvalue weighted by molar-refractivity contribution is 7.89. The van der Waals surface area contributed by atoms with Crippen molar-refractivity contribution >= 4 is 43.1 Å². The molecule has 0 aliphatic rings. The summed E-state index contributed by atoms with van der Waals surface area (Å²) in [6.07, 6.45) is 1.67. The predicted octanol–water partition coefficient (Wildman–Crippen LogP) is 2.79. The molecule has 0 saturated carbocycles. The number of fused-ring (bicyclic) bond motifs is 1. The molecule has 0 amide bonds. The summed E-state index contributed by atoms with van der Waals surface area (Å²) < 4.78 is 27.2. The fourth-order valence-electron chi connectivity index (χ4n) is 2.76. The molecule has 2 aromatic carbocycles. The molecule has 2 heterocycles. The zero-order valence-corrected chi connectivity index (χ0v) is 16.6. The van der Waals surface area contributed by atoms with Gasteiger partial charge in [0.15, 0.2) is 0 Å². The zero-order valence-electron chi connectivity index (χ0n) is 14.9. The normalized spacial score (nSPS) is 11.8. The highest BCUT2D eigenvalue weighted by Gasteiger charge is 2.12. The second kappa shape index (κ2) is 7.23. The van der Waals surface area contributed by atoms with Gasteiger partial charge in [-0.25, -0.2) is 18.1 Å². The molecule has 0 radical (unpaired) electrons. The van der Waals surface area contributed by atoms with Gasteiger partial charge in [0.1, 0.15) is 10.8 Å². The van der Waals surface area contributed by atoms with E-state index >= 15 is 0 Å². The van der Waals surface area contributed by atoms with E-state index in [-0.39, 0.29) is 4.90 Å². The molecule has 144 valence electrons. The first-order chi connectivity index (χ1) is 13.5. The molecule has 4 aromatic rings. The van der Waals surface area contributed by atoms with Crippen LogP contribution in [-0.4, -0.2) is 30.6 Å². The standard InChI is InChI=1S/C18H18N6O2S2/c1-20-28(25,26)13-4-2-3-12(8-13)21-9-11-5-6-15-16(7-11)27-18(23-15)14-10-22-24-17(14)19/h2-8,10,20-21H,9H2,1H3,(H3,19,22,24). The Bertz CT molecular complexity index is 1250. The number of hydrogen-bond donors (Lipinski definition) is 4. The van der Waals surface area contributed by atoms with Gasteiger partial charge in [-0.05, 0) is 42.9 Å². The monoisotopic (exact) mass is 414 g/mol. The maximum Gasteiger partial charge on any atom is 0.240 e. The van der Waals surface area contributed by atoms with Crippen molar-refractivity contribution in [3.8, 4) is 10.6 Å². The number of aromatic amines is 1. The number of aromatic nitrogens is 3. The number of nitrogens with two attached hydrogens (primary N) is 1. The molecule has 0 bridgehead atoms. The number of sulfonamides is 1. The van der Waals surface area contributed by atoms with E-state index in [0.717, 1.165) is 32.0 Å². The summed E-state index contributed by atoms with van der Waals surface area (Å²) in [5.74, 6) is 0.498. The van der Waals surface area contributed by atoms with Crippen LogP contribution in [0.3, 0.4) is 0 Å². The first kappa shape index (κ1) is 18.4. The Labute approximate surface area is 165 Å².